The van der Waals surface area contributed by atoms with E-state index in [-0.39, 0.29) is 6.04 Å². The maximum Gasteiger partial charge on any atom is 0.101 e. The molecule has 0 fully saturated rings. The Morgan fingerprint density at radius 1 is 1.15 bits per heavy atom. The lowest BCUT2D eigenvalue weighted by Gasteiger charge is -2.15. The van der Waals surface area contributed by atoms with Crippen molar-refractivity contribution in [1.82, 2.24) is 9.97 Å². The van der Waals surface area contributed by atoms with Crippen molar-refractivity contribution >= 4 is 32.9 Å². The van der Waals surface area contributed by atoms with Crippen LogP contribution in [0.25, 0.3) is 10.2 Å². The van der Waals surface area contributed by atoms with Crippen LogP contribution < -0.4 is 5.73 Å². The topological polar surface area (TPSA) is 51.8 Å². The summed E-state index contributed by atoms with van der Waals surface area (Å²) in [6.07, 6.45) is 4.18. The number of nitrogens with zero attached hydrogens (tertiary/aromatic N) is 2. The summed E-state index contributed by atoms with van der Waals surface area (Å²) in [5.74, 6) is 0. The number of fused-ring (bicyclic) bond motifs is 2. The van der Waals surface area contributed by atoms with Crippen molar-refractivity contribution in [1.29, 1.82) is 0 Å². The summed E-state index contributed by atoms with van der Waals surface area (Å²) >= 11 is 3.54. The number of thiazole rings is 2. The Morgan fingerprint density at radius 3 is 2.85 bits per heavy atom. The quantitative estimate of drug-likeness (QED) is 0.785. The lowest BCUT2D eigenvalue weighted by atomic mass is 9.99. The van der Waals surface area contributed by atoms with Crippen molar-refractivity contribution in [3.05, 3.63) is 44.9 Å². The number of hydrogen-bond donors (Lipinski definition) is 1. The third-order valence-electron chi connectivity index (χ3n) is 3.68. The summed E-state index contributed by atoms with van der Waals surface area (Å²) in [5, 5.41) is 2.30. The summed E-state index contributed by atoms with van der Waals surface area (Å²) in [5.41, 5.74) is 8.49. The zero-order valence-corrected chi connectivity index (χ0v) is 12.6. The molecule has 1 unspecified atom stereocenters. The Kier molecular flexibility index (Phi) is 3.06. The Balaban J connectivity index is 1.65. The van der Waals surface area contributed by atoms with Crippen molar-refractivity contribution in [3.8, 4) is 0 Å². The van der Waals surface area contributed by atoms with Crippen LogP contribution in [-0.2, 0) is 12.8 Å². The summed E-state index contributed by atoms with van der Waals surface area (Å²) in [6, 6.07) is 8.48. The monoisotopic (exact) mass is 301 g/mol. The molecule has 0 saturated carbocycles. The minimum Gasteiger partial charge on any atom is -0.323 e. The molecule has 2 heterocycles. The van der Waals surface area contributed by atoms with Crippen LogP contribution in [0, 0.1) is 0 Å². The van der Waals surface area contributed by atoms with Gasteiger partial charge in [-0.25, -0.2) is 9.97 Å². The molecule has 0 bridgehead atoms. The molecule has 0 spiro atoms. The maximum absolute atomic E-state index is 6.17. The van der Waals surface area contributed by atoms with Gasteiger partial charge in [-0.1, -0.05) is 12.1 Å². The van der Waals surface area contributed by atoms with Gasteiger partial charge in [-0.15, -0.1) is 22.7 Å². The molecule has 3 aromatic rings. The normalized spacial score (nSPS) is 18.4. The van der Waals surface area contributed by atoms with Crippen LogP contribution in [0.4, 0.5) is 0 Å². The average Bonchev–Trinajstić information content (AvgIpc) is 3.02. The fourth-order valence-corrected chi connectivity index (χ4v) is 4.92. The largest absolute Gasteiger partial charge is 0.323 e. The molecule has 0 aliphatic heterocycles. The summed E-state index contributed by atoms with van der Waals surface area (Å²) in [7, 11) is 0. The lowest BCUT2D eigenvalue weighted by molar-refractivity contribution is 0.573. The Labute approximate surface area is 125 Å². The van der Waals surface area contributed by atoms with Crippen molar-refractivity contribution in [2.24, 2.45) is 5.73 Å². The first-order chi connectivity index (χ1) is 9.79. The first-order valence-corrected chi connectivity index (χ1v) is 8.51. The molecular weight excluding hydrogens is 286 g/mol. The third-order valence-corrected chi connectivity index (χ3v) is 5.94. The van der Waals surface area contributed by atoms with E-state index in [1.54, 1.807) is 22.7 Å². The van der Waals surface area contributed by atoms with Crippen LogP contribution in [-0.4, -0.2) is 9.97 Å². The Bertz CT molecular complexity index is 726. The predicted octanol–water partition coefficient (Wildman–Crippen LogP) is 3.68. The molecule has 0 amide bonds. The van der Waals surface area contributed by atoms with Crippen LogP contribution in [0.5, 0.6) is 0 Å². The lowest BCUT2D eigenvalue weighted by Crippen LogP contribution is -2.15. The second-order valence-electron chi connectivity index (χ2n) is 5.17. The Hall–Kier alpha value is -1.30. The molecule has 20 heavy (non-hydrogen) atoms. The number of benzene rings is 1. The van der Waals surface area contributed by atoms with Gasteiger partial charge in [0, 0.05) is 10.9 Å². The van der Waals surface area contributed by atoms with Crippen LogP contribution in [0.3, 0.4) is 0 Å². The zero-order valence-electron chi connectivity index (χ0n) is 11.0. The molecule has 1 aliphatic rings. The number of nitrogens with two attached hydrogens (primary N) is 1. The molecule has 3 nitrogen and oxygen atoms in total. The van der Waals surface area contributed by atoms with Gasteiger partial charge in [0.2, 0.25) is 0 Å². The molecular formula is C15H15N3S2. The van der Waals surface area contributed by atoms with Gasteiger partial charge in [-0.2, -0.15) is 0 Å². The van der Waals surface area contributed by atoms with Crippen molar-refractivity contribution in [2.45, 2.75) is 31.7 Å². The van der Waals surface area contributed by atoms with Crippen molar-refractivity contribution in [3.63, 3.8) is 0 Å². The smallest absolute Gasteiger partial charge is 0.101 e. The van der Waals surface area contributed by atoms with Crippen molar-refractivity contribution < 1.29 is 0 Å². The van der Waals surface area contributed by atoms with Crippen LogP contribution in [0.2, 0.25) is 0 Å². The number of aryl methyl sites for hydroxylation is 1. The second-order valence-corrected chi connectivity index (χ2v) is 7.40. The van der Waals surface area contributed by atoms with Gasteiger partial charge in [0.1, 0.15) is 5.01 Å². The van der Waals surface area contributed by atoms with E-state index in [0.29, 0.717) is 0 Å². The molecule has 0 radical (unpaired) electrons. The van der Waals surface area contributed by atoms with E-state index in [9.17, 15) is 0 Å². The van der Waals surface area contributed by atoms with Crippen LogP contribution >= 0.6 is 22.7 Å². The highest BCUT2D eigenvalue weighted by atomic mass is 32.1. The Morgan fingerprint density at radius 2 is 2.00 bits per heavy atom. The second kappa shape index (κ2) is 4.91. The van der Waals surface area contributed by atoms with Crippen LogP contribution in [0.1, 0.15) is 39.5 Å². The van der Waals surface area contributed by atoms with E-state index >= 15 is 0 Å². The molecule has 4 rings (SSSR count). The highest BCUT2D eigenvalue weighted by Gasteiger charge is 2.22. The predicted molar refractivity (Wildman–Crippen MR) is 84.4 cm³/mol. The molecule has 1 atom stereocenters. The maximum atomic E-state index is 6.17. The third kappa shape index (κ3) is 2.16. The SMILES string of the molecule is NC1CCCc2nc(Cc3nc4ccccc4s3)sc21. The summed E-state index contributed by atoms with van der Waals surface area (Å²) < 4.78 is 1.25. The summed E-state index contributed by atoms with van der Waals surface area (Å²) in [4.78, 5) is 10.8. The van der Waals surface area contributed by atoms with E-state index in [4.69, 9.17) is 10.7 Å². The molecule has 102 valence electrons. The highest BCUT2D eigenvalue weighted by molar-refractivity contribution is 7.18. The number of para-hydroxylation sites is 1. The molecule has 0 saturated heterocycles. The van der Waals surface area contributed by atoms with E-state index in [1.807, 2.05) is 6.07 Å². The van der Waals surface area contributed by atoms with E-state index < -0.39 is 0 Å². The number of hydrogen-bond acceptors (Lipinski definition) is 5. The number of aromatic nitrogens is 2. The van der Waals surface area contributed by atoms with Gasteiger partial charge < -0.3 is 5.73 Å². The minimum absolute atomic E-state index is 0.195. The van der Waals surface area contributed by atoms with Gasteiger partial charge in [-0.05, 0) is 31.4 Å². The van der Waals surface area contributed by atoms with Gasteiger partial charge in [0.15, 0.2) is 0 Å². The fourth-order valence-electron chi connectivity index (χ4n) is 2.70. The molecule has 1 aliphatic carbocycles. The van der Waals surface area contributed by atoms with Gasteiger partial charge >= 0.3 is 0 Å². The fraction of sp³-hybridized carbons (Fsp3) is 0.333. The zero-order chi connectivity index (χ0) is 13.5. The van der Waals surface area contributed by atoms with E-state index in [2.05, 4.69) is 23.2 Å². The first-order valence-electron chi connectivity index (χ1n) is 6.88. The van der Waals surface area contributed by atoms with Crippen molar-refractivity contribution in [2.75, 3.05) is 0 Å². The van der Waals surface area contributed by atoms with Gasteiger partial charge in [-0.3, -0.25) is 0 Å². The first kappa shape index (κ1) is 12.4. The van der Waals surface area contributed by atoms with Gasteiger partial charge in [0.05, 0.1) is 27.3 Å². The highest BCUT2D eigenvalue weighted by Crippen LogP contribution is 2.34. The van der Waals surface area contributed by atoms with E-state index in [1.165, 1.54) is 21.7 Å². The minimum atomic E-state index is 0.195. The van der Waals surface area contributed by atoms with Crippen LogP contribution in [0.15, 0.2) is 24.3 Å². The average molecular weight is 301 g/mol. The van der Waals surface area contributed by atoms with Gasteiger partial charge in [0.25, 0.3) is 0 Å². The number of rotatable bonds is 2. The molecule has 2 aromatic heterocycles. The summed E-state index contributed by atoms with van der Waals surface area (Å²) in [6.45, 7) is 0. The molecule has 1 aromatic carbocycles. The standard InChI is InChI=1S/C15H15N3S2/c16-9-4-3-6-11-15(9)20-14(18-11)8-13-17-10-5-1-2-7-12(10)19-13/h1-2,5,7,9H,3-4,6,8,16H2. The van der Waals surface area contributed by atoms with E-state index in [0.717, 1.165) is 34.8 Å². The molecule has 2 N–H and O–H groups in total. The molecule has 5 heteroatoms.